The van der Waals surface area contributed by atoms with E-state index in [4.69, 9.17) is 0 Å². The largest absolute Gasteiger partial charge is 0.299 e. The van der Waals surface area contributed by atoms with Gasteiger partial charge in [0, 0.05) is 12.2 Å². The molecule has 0 saturated carbocycles. The molecule has 5 heteroatoms. The molecule has 0 radical (unpaired) electrons. The zero-order chi connectivity index (χ0) is 17.9. The van der Waals surface area contributed by atoms with E-state index in [1.165, 1.54) is 24.8 Å². The third kappa shape index (κ3) is 4.61. The Labute approximate surface area is 150 Å². The van der Waals surface area contributed by atoms with Gasteiger partial charge in [-0.25, -0.2) is 8.42 Å². The van der Waals surface area contributed by atoms with Crippen molar-refractivity contribution in [3.8, 4) is 0 Å². The van der Waals surface area contributed by atoms with E-state index in [9.17, 15) is 8.42 Å². The highest BCUT2D eigenvalue weighted by Gasteiger charge is 2.15. The summed E-state index contributed by atoms with van der Waals surface area (Å²) < 4.78 is 27.8. The van der Waals surface area contributed by atoms with Crippen LogP contribution in [0.25, 0.3) is 0 Å². The highest BCUT2D eigenvalue weighted by Crippen LogP contribution is 2.20. The minimum atomic E-state index is -3.55. The van der Waals surface area contributed by atoms with E-state index in [2.05, 4.69) is 9.62 Å². The van der Waals surface area contributed by atoms with Crippen LogP contribution in [0.2, 0.25) is 0 Å². The molecule has 1 N–H and O–H groups in total. The lowest BCUT2D eigenvalue weighted by Crippen LogP contribution is -2.29. The van der Waals surface area contributed by atoms with Gasteiger partial charge in [0.25, 0.3) is 10.0 Å². The third-order valence-corrected chi connectivity index (χ3v) is 6.23. The average molecular weight is 359 g/mol. The number of aryl methyl sites for hydroxylation is 2. The lowest BCUT2D eigenvalue weighted by atomic mass is 10.1. The minimum Gasteiger partial charge on any atom is -0.299 e. The van der Waals surface area contributed by atoms with E-state index >= 15 is 0 Å². The molecule has 1 aliphatic heterocycles. The van der Waals surface area contributed by atoms with Crippen LogP contribution in [-0.2, 0) is 16.6 Å². The van der Waals surface area contributed by atoms with Crippen molar-refractivity contribution in [1.82, 2.24) is 4.90 Å². The Kier molecular flexibility index (Phi) is 5.45. The Morgan fingerprint density at radius 1 is 0.920 bits per heavy atom. The summed E-state index contributed by atoms with van der Waals surface area (Å²) in [6, 6.07) is 12.9. The maximum absolute atomic E-state index is 12.5. The number of rotatable bonds is 5. The lowest BCUT2D eigenvalue weighted by Gasteiger charge is -2.26. The van der Waals surface area contributed by atoms with Crippen molar-refractivity contribution in [1.29, 1.82) is 0 Å². The molecule has 0 aromatic heterocycles. The van der Waals surface area contributed by atoms with Crippen LogP contribution in [0.4, 0.5) is 5.69 Å². The van der Waals surface area contributed by atoms with Gasteiger partial charge in [-0.2, -0.15) is 0 Å². The van der Waals surface area contributed by atoms with Crippen LogP contribution in [0, 0.1) is 13.8 Å². The van der Waals surface area contributed by atoms with Crippen molar-refractivity contribution < 1.29 is 8.42 Å². The summed E-state index contributed by atoms with van der Waals surface area (Å²) in [5.41, 5.74) is 3.87. The maximum atomic E-state index is 12.5. The van der Waals surface area contributed by atoms with Crippen LogP contribution < -0.4 is 4.72 Å². The number of sulfonamides is 1. The standard InChI is InChI=1S/C20H26N2O2S/c1-16-6-11-20(14-17(16)2)25(23,24)21-19-9-7-18(8-10-19)15-22-12-4-3-5-13-22/h6-11,14,21H,3-5,12-13,15H2,1-2H3. The van der Waals surface area contributed by atoms with E-state index in [1.807, 2.05) is 44.2 Å². The topological polar surface area (TPSA) is 49.4 Å². The molecule has 3 rings (SSSR count). The molecule has 0 amide bonds. The Bertz CT molecular complexity index is 823. The van der Waals surface area contributed by atoms with E-state index in [0.717, 1.165) is 30.8 Å². The van der Waals surface area contributed by atoms with Gasteiger partial charge in [-0.15, -0.1) is 0 Å². The number of hydrogen-bond donors (Lipinski definition) is 1. The van der Waals surface area contributed by atoms with Crippen molar-refractivity contribution in [2.75, 3.05) is 17.8 Å². The van der Waals surface area contributed by atoms with E-state index in [1.54, 1.807) is 12.1 Å². The Morgan fingerprint density at radius 3 is 2.24 bits per heavy atom. The summed E-state index contributed by atoms with van der Waals surface area (Å²) >= 11 is 0. The van der Waals surface area contributed by atoms with Gasteiger partial charge in [-0.3, -0.25) is 9.62 Å². The molecule has 0 spiro atoms. The van der Waals surface area contributed by atoms with Gasteiger partial charge in [0.2, 0.25) is 0 Å². The molecule has 1 heterocycles. The van der Waals surface area contributed by atoms with Crippen molar-refractivity contribution >= 4 is 15.7 Å². The van der Waals surface area contributed by atoms with Crippen LogP contribution in [0.1, 0.15) is 36.0 Å². The molecule has 134 valence electrons. The minimum absolute atomic E-state index is 0.299. The predicted molar refractivity (Wildman–Crippen MR) is 102 cm³/mol. The third-order valence-electron chi connectivity index (χ3n) is 4.85. The lowest BCUT2D eigenvalue weighted by molar-refractivity contribution is 0.221. The first-order valence-electron chi connectivity index (χ1n) is 8.85. The Morgan fingerprint density at radius 2 is 1.60 bits per heavy atom. The summed E-state index contributed by atoms with van der Waals surface area (Å²) in [4.78, 5) is 2.76. The van der Waals surface area contributed by atoms with Crippen LogP contribution in [0.15, 0.2) is 47.4 Å². The normalized spacial score (nSPS) is 15.9. The van der Waals surface area contributed by atoms with Gasteiger partial charge in [-0.1, -0.05) is 24.6 Å². The quantitative estimate of drug-likeness (QED) is 0.876. The van der Waals surface area contributed by atoms with Gasteiger partial charge >= 0.3 is 0 Å². The Balaban J connectivity index is 1.68. The number of nitrogens with one attached hydrogen (secondary N) is 1. The second-order valence-electron chi connectivity index (χ2n) is 6.89. The SMILES string of the molecule is Cc1ccc(S(=O)(=O)Nc2ccc(CN3CCCCC3)cc2)cc1C. The van der Waals surface area contributed by atoms with Crippen molar-refractivity contribution in [3.63, 3.8) is 0 Å². The fraction of sp³-hybridized carbons (Fsp3) is 0.400. The molecule has 1 fully saturated rings. The summed E-state index contributed by atoms with van der Waals surface area (Å²) in [7, 11) is -3.55. The smallest absolute Gasteiger partial charge is 0.261 e. The predicted octanol–water partition coefficient (Wildman–Crippen LogP) is 4.09. The monoisotopic (exact) mass is 358 g/mol. The van der Waals surface area contributed by atoms with E-state index < -0.39 is 10.0 Å². The zero-order valence-corrected chi connectivity index (χ0v) is 15.8. The molecular weight excluding hydrogens is 332 g/mol. The van der Waals surface area contributed by atoms with Gasteiger partial charge in [0.1, 0.15) is 0 Å². The first kappa shape index (κ1) is 18.0. The van der Waals surface area contributed by atoms with E-state index in [0.29, 0.717) is 10.6 Å². The van der Waals surface area contributed by atoms with Crippen LogP contribution in [0.3, 0.4) is 0 Å². The number of anilines is 1. The fourth-order valence-corrected chi connectivity index (χ4v) is 4.29. The summed E-state index contributed by atoms with van der Waals surface area (Å²) in [6.07, 6.45) is 3.87. The van der Waals surface area contributed by atoms with Gasteiger partial charge in [0.15, 0.2) is 0 Å². The summed E-state index contributed by atoms with van der Waals surface area (Å²) in [5, 5.41) is 0. The molecule has 0 unspecified atom stereocenters. The average Bonchev–Trinajstić information content (AvgIpc) is 2.60. The zero-order valence-electron chi connectivity index (χ0n) is 15.0. The maximum Gasteiger partial charge on any atom is 0.261 e. The van der Waals surface area contributed by atoms with Gasteiger partial charge < -0.3 is 0 Å². The molecule has 0 bridgehead atoms. The van der Waals surface area contributed by atoms with Gasteiger partial charge in [0.05, 0.1) is 4.90 Å². The van der Waals surface area contributed by atoms with E-state index in [-0.39, 0.29) is 0 Å². The van der Waals surface area contributed by atoms with Crippen LogP contribution in [0.5, 0.6) is 0 Å². The molecule has 25 heavy (non-hydrogen) atoms. The number of nitrogens with zero attached hydrogens (tertiary/aromatic N) is 1. The van der Waals surface area contributed by atoms with Crippen molar-refractivity contribution in [3.05, 3.63) is 59.2 Å². The second-order valence-corrected chi connectivity index (χ2v) is 8.57. The molecule has 4 nitrogen and oxygen atoms in total. The van der Waals surface area contributed by atoms with Crippen LogP contribution in [-0.4, -0.2) is 26.4 Å². The van der Waals surface area contributed by atoms with Gasteiger partial charge in [-0.05, 0) is 80.7 Å². The molecule has 1 aliphatic rings. The highest BCUT2D eigenvalue weighted by molar-refractivity contribution is 7.92. The molecule has 1 saturated heterocycles. The van der Waals surface area contributed by atoms with Crippen molar-refractivity contribution in [2.24, 2.45) is 0 Å². The molecule has 0 aliphatic carbocycles. The second kappa shape index (κ2) is 7.58. The Hall–Kier alpha value is -1.85. The molecular formula is C20H26N2O2S. The number of benzene rings is 2. The molecule has 2 aromatic carbocycles. The fourth-order valence-electron chi connectivity index (χ4n) is 3.15. The first-order valence-corrected chi connectivity index (χ1v) is 10.3. The first-order chi connectivity index (χ1) is 11.9. The summed E-state index contributed by atoms with van der Waals surface area (Å²) in [5.74, 6) is 0. The highest BCUT2D eigenvalue weighted by atomic mass is 32.2. The molecule has 2 aromatic rings. The van der Waals surface area contributed by atoms with Crippen molar-refractivity contribution in [2.45, 2.75) is 44.6 Å². The number of piperidine rings is 1. The molecule has 0 atom stereocenters. The summed E-state index contributed by atoms with van der Waals surface area (Å²) in [6.45, 7) is 7.14. The van der Waals surface area contributed by atoms with Crippen LogP contribution >= 0.6 is 0 Å². The number of hydrogen-bond acceptors (Lipinski definition) is 3. The number of likely N-dealkylation sites (tertiary alicyclic amines) is 1.